The summed E-state index contributed by atoms with van der Waals surface area (Å²) in [5, 5.41) is 0.418. The highest BCUT2D eigenvalue weighted by atomic mass is 32.1. The van der Waals surface area contributed by atoms with Gasteiger partial charge in [-0.15, -0.1) is 11.3 Å². The molecule has 0 amide bonds. The Morgan fingerprint density at radius 3 is 2.51 bits per heavy atom. The van der Waals surface area contributed by atoms with Gasteiger partial charge in [0.15, 0.2) is 5.78 Å². The molecule has 1 saturated heterocycles. The third-order valence-electron chi connectivity index (χ3n) is 6.26. The van der Waals surface area contributed by atoms with Crippen molar-refractivity contribution in [2.45, 2.75) is 26.3 Å². The predicted molar refractivity (Wildman–Crippen MR) is 132 cm³/mol. The lowest BCUT2D eigenvalue weighted by Crippen LogP contribution is -2.36. The molecule has 186 valence electrons. The third kappa shape index (κ3) is 5.61. The normalized spacial score (nSPS) is 14.8. The van der Waals surface area contributed by atoms with Crippen molar-refractivity contribution >= 4 is 33.3 Å². The average Bonchev–Trinajstić information content (AvgIpc) is 3.21. The van der Waals surface area contributed by atoms with Crippen LogP contribution in [-0.2, 0) is 16.0 Å². The fourth-order valence-corrected chi connectivity index (χ4v) is 5.39. The molecule has 0 bridgehead atoms. The van der Waals surface area contributed by atoms with Gasteiger partial charge in [0.1, 0.15) is 27.9 Å². The van der Waals surface area contributed by atoms with Crippen molar-refractivity contribution < 1.29 is 23.8 Å². The highest BCUT2D eigenvalue weighted by Gasteiger charge is 2.27. The van der Waals surface area contributed by atoms with Gasteiger partial charge in [-0.2, -0.15) is 0 Å². The number of benzene rings is 1. The minimum absolute atomic E-state index is 0.0271. The number of nitrogens with zero attached hydrogens (tertiary/aromatic N) is 2. The van der Waals surface area contributed by atoms with Gasteiger partial charge in [-0.1, -0.05) is 0 Å². The fraction of sp³-hybridized carbons (Fsp3) is 0.440. The number of carbonyl (C=O) groups is 2. The Bertz CT molecular complexity index is 1260. The van der Waals surface area contributed by atoms with E-state index < -0.39 is 5.97 Å². The standard InChI is InChI=1S/C25H29N3O6S/c1-15-20-23(30)26-19(27-24(20)35-22(15)25(31)34-13-12-32-2)14-28-10-8-17(9-11-28)21(29)16-4-6-18(33-3)7-5-16/h4-7,17H,8-14H2,1-3H3,(H,26,27,30). The molecule has 35 heavy (non-hydrogen) atoms. The van der Waals surface area contributed by atoms with E-state index in [2.05, 4.69) is 14.9 Å². The number of aromatic nitrogens is 2. The van der Waals surface area contributed by atoms with E-state index in [1.54, 1.807) is 26.2 Å². The molecule has 2 aromatic heterocycles. The van der Waals surface area contributed by atoms with Crippen LogP contribution in [0, 0.1) is 12.8 Å². The first-order valence-corrected chi connectivity index (χ1v) is 12.3. The van der Waals surface area contributed by atoms with Gasteiger partial charge in [-0.3, -0.25) is 14.5 Å². The fourth-order valence-electron chi connectivity index (χ4n) is 4.30. The van der Waals surface area contributed by atoms with E-state index in [-0.39, 0.29) is 23.9 Å². The minimum atomic E-state index is -0.480. The van der Waals surface area contributed by atoms with E-state index in [4.69, 9.17) is 14.2 Å². The summed E-state index contributed by atoms with van der Waals surface area (Å²) in [5.74, 6) is 0.918. The molecule has 1 aliphatic heterocycles. The monoisotopic (exact) mass is 499 g/mol. The van der Waals surface area contributed by atoms with Crippen molar-refractivity contribution in [3.8, 4) is 5.75 Å². The van der Waals surface area contributed by atoms with Crippen molar-refractivity contribution in [1.82, 2.24) is 14.9 Å². The topological polar surface area (TPSA) is 111 Å². The maximum Gasteiger partial charge on any atom is 0.348 e. The lowest BCUT2D eigenvalue weighted by Gasteiger charge is -2.30. The zero-order valence-electron chi connectivity index (χ0n) is 20.1. The van der Waals surface area contributed by atoms with E-state index >= 15 is 0 Å². The number of carbonyl (C=O) groups excluding carboxylic acids is 2. The summed E-state index contributed by atoms with van der Waals surface area (Å²) in [6, 6.07) is 7.22. The quantitative estimate of drug-likeness (QED) is 0.272. The van der Waals surface area contributed by atoms with Crippen LogP contribution in [0.4, 0.5) is 0 Å². The maximum absolute atomic E-state index is 12.9. The van der Waals surface area contributed by atoms with Crippen molar-refractivity contribution in [2.24, 2.45) is 5.92 Å². The highest BCUT2D eigenvalue weighted by molar-refractivity contribution is 7.20. The molecule has 0 spiro atoms. The number of hydrogen-bond acceptors (Lipinski definition) is 9. The molecule has 9 nitrogen and oxygen atoms in total. The maximum atomic E-state index is 12.9. The Morgan fingerprint density at radius 2 is 1.86 bits per heavy atom. The molecule has 0 radical (unpaired) electrons. The molecule has 0 atom stereocenters. The van der Waals surface area contributed by atoms with Gasteiger partial charge in [-0.25, -0.2) is 9.78 Å². The number of rotatable bonds is 9. The van der Waals surface area contributed by atoms with Crippen LogP contribution in [0.15, 0.2) is 29.1 Å². The predicted octanol–water partition coefficient (Wildman–Crippen LogP) is 3.20. The molecule has 1 aromatic carbocycles. The van der Waals surface area contributed by atoms with Crippen LogP contribution >= 0.6 is 11.3 Å². The zero-order chi connectivity index (χ0) is 24.9. The van der Waals surface area contributed by atoms with Crippen molar-refractivity contribution in [3.05, 3.63) is 56.4 Å². The molecule has 1 fully saturated rings. The Balaban J connectivity index is 1.40. The number of Topliss-reactive ketones (excluding diaryl/α,β-unsaturated/α-hetero) is 1. The van der Waals surface area contributed by atoms with E-state index in [1.165, 1.54) is 18.4 Å². The lowest BCUT2D eigenvalue weighted by molar-refractivity contribution is 0.0393. The van der Waals surface area contributed by atoms with E-state index in [0.29, 0.717) is 45.2 Å². The number of methoxy groups -OCH3 is 2. The van der Waals surface area contributed by atoms with Gasteiger partial charge in [0, 0.05) is 18.6 Å². The second-order valence-corrected chi connectivity index (χ2v) is 9.52. The molecule has 0 aliphatic carbocycles. The van der Waals surface area contributed by atoms with Gasteiger partial charge >= 0.3 is 5.97 Å². The average molecular weight is 500 g/mol. The number of H-pyrrole nitrogens is 1. The van der Waals surface area contributed by atoms with Crippen LogP contribution in [-0.4, -0.2) is 67.1 Å². The third-order valence-corrected chi connectivity index (χ3v) is 7.43. The molecular weight excluding hydrogens is 470 g/mol. The largest absolute Gasteiger partial charge is 0.497 e. The number of thiophene rings is 1. The van der Waals surface area contributed by atoms with Crippen molar-refractivity contribution in [1.29, 1.82) is 0 Å². The SMILES string of the molecule is COCCOC(=O)c1sc2nc(CN3CCC(C(=O)c4ccc(OC)cc4)CC3)[nH]c(=O)c2c1C. The molecule has 10 heteroatoms. The van der Waals surface area contributed by atoms with Gasteiger partial charge < -0.3 is 19.2 Å². The van der Waals surface area contributed by atoms with Gasteiger partial charge in [0.25, 0.3) is 5.56 Å². The summed E-state index contributed by atoms with van der Waals surface area (Å²) in [4.78, 5) is 48.6. The Kier molecular flexibility index (Phi) is 7.94. The second kappa shape index (κ2) is 11.1. The summed E-state index contributed by atoms with van der Waals surface area (Å²) in [6.45, 7) is 4.12. The number of ketones is 1. The Morgan fingerprint density at radius 1 is 1.14 bits per heavy atom. The first kappa shape index (κ1) is 25.0. The van der Waals surface area contributed by atoms with Crippen LogP contribution in [0.2, 0.25) is 0 Å². The summed E-state index contributed by atoms with van der Waals surface area (Å²) in [6.07, 6.45) is 1.49. The summed E-state index contributed by atoms with van der Waals surface area (Å²) < 4.78 is 15.3. The number of likely N-dealkylation sites (tertiary alicyclic amines) is 1. The van der Waals surface area contributed by atoms with Crippen LogP contribution in [0.3, 0.4) is 0 Å². The molecule has 1 N–H and O–H groups in total. The highest BCUT2D eigenvalue weighted by Crippen LogP contribution is 2.28. The van der Waals surface area contributed by atoms with E-state index in [0.717, 1.165) is 31.7 Å². The molecule has 0 saturated carbocycles. The summed E-state index contributed by atoms with van der Waals surface area (Å²) in [5.41, 5.74) is 1.01. The number of aromatic amines is 1. The molecular formula is C25H29N3O6S. The van der Waals surface area contributed by atoms with Crippen LogP contribution in [0.25, 0.3) is 10.2 Å². The summed E-state index contributed by atoms with van der Waals surface area (Å²) >= 11 is 1.17. The number of esters is 1. The number of nitrogens with one attached hydrogen (secondary N) is 1. The number of hydrogen-bond donors (Lipinski definition) is 1. The second-order valence-electron chi connectivity index (χ2n) is 8.52. The lowest BCUT2D eigenvalue weighted by atomic mass is 9.89. The number of piperidine rings is 1. The minimum Gasteiger partial charge on any atom is -0.497 e. The Hall–Kier alpha value is -3.08. The van der Waals surface area contributed by atoms with Crippen molar-refractivity contribution in [2.75, 3.05) is 40.5 Å². The number of aryl methyl sites for hydroxylation is 1. The Labute approximate surface area is 207 Å². The van der Waals surface area contributed by atoms with E-state index in [1.807, 2.05) is 12.1 Å². The van der Waals surface area contributed by atoms with Crippen LogP contribution in [0.1, 0.15) is 44.3 Å². The molecule has 3 aromatic rings. The van der Waals surface area contributed by atoms with Crippen molar-refractivity contribution in [3.63, 3.8) is 0 Å². The molecule has 3 heterocycles. The zero-order valence-corrected chi connectivity index (χ0v) is 20.9. The smallest absolute Gasteiger partial charge is 0.348 e. The van der Waals surface area contributed by atoms with Gasteiger partial charge in [-0.05, 0) is 62.7 Å². The molecule has 0 unspecified atom stereocenters. The number of ether oxygens (including phenoxy) is 3. The van der Waals surface area contributed by atoms with Crippen LogP contribution in [0.5, 0.6) is 5.75 Å². The van der Waals surface area contributed by atoms with Crippen LogP contribution < -0.4 is 10.3 Å². The van der Waals surface area contributed by atoms with Gasteiger partial charge in [0.2, 0.25) is 0 Å². The first-order chi connectivity index (χ1) is 16.9. The van der Waals surface area contributed by atoms with E-state index in [9.17, 15) is 14.4 Å². The van der Waals surface area contributed by atoms with Gasteiger partial charge in [0.05, 0.1) is 25.6 Å². The number of fused-ring (bicyclic) bond motifs is 1. The first-order valence-electron chi connectivity index (χ1n) is 11.5. The molecule has 1 aliphatic rings. The molecule has 4 rings (SSSR count). The summed E-state index contributed by atoms with van der Waals surface area (Å²) in [7, 11) is 3.13.